The van der Waals surface area contributed by atoms with Crippen LogP contribution in [0.25, 0.3) is 0 Å². The van der Waals surface area contributed by atoms with Crippen LogP contribution in [0.4, 0.5) is 4.39 Å². The van der Waals surface area contributed by atoms with Gasteiger partial charge in [0.25, 0.3) is 11.5 Å². The predicted octanol–water partition coefficient (Wildman–Crippen LogP) is 1.70. The standard InChI is InChI=1S/C20H23FN4O4/c1-11-6-13(4-5-15(11)21)7-23-19(27)16-17(26)20(28)25-12(2)9-29-10-14(8-22-3)18(25)24-16/h4-6,8,12,14,26H,7,9-10H2,1-3H3,(H,23,27)/t12-,14?/m0/s1. The average Bonchev–Trinajstić information content (AvgIpc) is 2.84. The zero-order valence-corrected chi connectivity index (χ0v) is 16.5. The summed E-state index contributed by atoms with van der Waals surface area (Å²) in [7, 11) is 1.59. The Morgan fingerprint density at radius 2 is 2.24 bits per heavy atom. The van der Waals surface area contributed by atoms with Crippen LogP contribution in [0.5, 0.6) is 5.75 Å². The quantitative estimate of drug-likeness (QED) is 0.758. The molecule has 0 radical (unpaired) electrons. The third kappa shape index (κ3) is 4.19. The van der Waals surface area contributed by atoms with Gasteiger partial charge in [0.15, 0.2) is 5.69 Å². The minimum atomic E-state index is -0.720. The number of halogens is 1. The Balaban J connectivity index is 1.94. The van der Waals surface area contributed by atoms with Crippen LogP contribution in [-0.4, -0.2) is 47.0 Å². The second kappa shape index (κ2) is 8.52. The molecule has 9 heteroatoms. The van der Waals surface area contributed by atoms with Gasteiger partial charge in [-0.2, -0.15) is 0 Å². The molecule has 1 aromatic heterocycles. The summed E-state index contributed by atoms with van der Waals surface area (Å²) < 4.78 is 20.3. The van der Waals surface area contributed by atoms with Gasteiger partial charge >= 0.3 is 0 Å². The number of rotatable bonds is 4. The number of nitrogens with one attached hydrogen (secondary N) is 1. The Kier molecular flexibility index (Phi) is 6.07. The number of benzene rings is 1. The lowest BCUT2D eigenvalue weighted by Crippen LogP contribution is -2.33. The van der Waals surface area contributed by atoms with Gasteiger partial charge in [0.05, 0.1) is 25.2 Å². The Labute approximate surface area is 167 Å². The number of aromatic nitrogens is 2. The van der Waals surface area contributed by atoms with Gasteiger partial charge < -0.3 is 20.2 Å². The molecular weight excluding hydrogens is 379 g/mol. The van der Waals surface area contributed by atoms with E-state index in [2.05, 4.69) is 15.3 Å². The first-order valence-electron chi connectivity index (χ1n) is 9.22. The molecular formula is C20H23FN4O4. The van der Waals surface area contributed by atoms with E-state index in [-0.39, 0.29) is 37.3 Å². The van der Waals surface area contributed by atoms with Gasteiger partial charge in [0.2, 0.25) is 5.75 Å². The number of hydrogen-bond donors (Lipinski definition) is 2. The fraction of sp³-hybridized carbons (Fsp3) is 0.400. The summed E-state index contributed by atoms with van der Waals surface area (Å²) in [5.41, 5.74) is 0.0758. The first-order valence-corrected chi connectivity index (χ1v) is 9.22. The van der Waals surface area contributed by atoms with Crippen molar-refractivity contribution in [3.05, 3.63) is 57.0 Å². The molecule has 0 aliphatic carbocycles. The Bertz CT molecular complexity index is 1020. The van der Waals surface area contributed by atoms with Crippen molar-refractivity contribution >= 4 is 12.1 Å². The monoisotopic (exact) mass is 402 g/mol. The number of carbonyl (C=O) groups is 1. The molecule has 2 heterocycles. The molecule has 2 atom stereocenters. The van der Waals surface area contributed by atoms with E-state index in [0.29, 0.717) is 17.0 Å². The van der Waals surface area contributed by atoms with Crippen LogP contribution in [0, 0.1) is 12.7 Å². The maximum Gasteiger partial charge on any atom is 0.296 e. The molecule has 1 aliphatic heterocycles. The lowest BCUT2D eigenvalue weighted by Gasteiger charge is -2.18. The molecule has 154 valence electrons. The summed E-state index contributed by atoms with van der Waals surface area (Å²) in [6, 6.07) is 4.12. The average molecular weight is 402 g/mol. The van der Waals surface area contributed by atoms with E-state index in [1.165, 1.54) is 10.6 Å². The minimum absolute atomic E-state index is 0.0961. The van der Waals surface area contributed by atoms with Crippen LogP contribution in [0.1, 0.15) is 46.3 Å². The topological polar surface area (TPSA) is 106 Å². The lowest BCUT2D eigenvalue weighted by molar-refractivity contribution is 0.0941. The summed E-state index contributed by atoms with van der Waals surface area (Å²) in [6.45, 7) is 4.03. The number of ether oxygens (including phenoxy) is 1. The smallest absolute Gasteiger partial charge is 0.296 e. The van der Waals surface area contributed by atoms with Crippen molar-refractivity contribution in [3.8, 4) is 5.75 Å². The van der Waals surface area contributed by atoms with E-state index < -0.39 is 23.1 Å². The third-order valence-corrected chi connectivity index (χ3v) is 4.77. The number of aryl methyl sites for hydroxylation is 1. The molecule has 0 bridgehead atoms. The van der Waals surface area contributed by atoms with Gasteiger partial charge in [-0.25, -0.2) is 9.37 Å². The second-order valence-corrected chi connectivity index (χ2v) is 7.01. The number of fused-ring (bicyclic) bond motifs is 1. The first kappa shape index (κ1) is 20.7. The van der Waals surface area contributed by atoms with Crippen LogP contribution in [0.2, 0.25) is 0 Å². The van der Waals surface area contributed by atoms with Gasteiger partial charge in [-0.05, 0) is 31.0 Å². The molecule has 1 amide bonds. The maximum absolute atomic E-state index is 13.4. The maximum atomic E-state index is 13.4. The van der Waals surface area contributed by atoms with E-state index in [0.717, 1.165) is 0 Å². The molecule has 3 rings (SSSR count). The SMILES string of the molecule is CN=CC1COC[C@H](C)n2c1nc(C(=O)NCc1ccc(F)c(C)c1)c(O)c2=O. The van der Waals surface area contributed by atoms with Crippen molar-refractivity contribution in [2.75, 3.05) is 20.3 Å². The molecule has 0 spiro atoms. The number of nitrogens with zero attached hydrogens (tertiary/aromatic N) is 3. The summed E-state index contributed by atoms with van der Waals surface area (Å²) in [5, 5.41) is 13.0. The number of aromatic hydroxyl groups is 1. The molecule has 0 saturated carbocycles. The Hall–Kier alpha value is -3.07. The first-order chi connectivity index (χ1) is 13.8. The van der Waals surface area contributed by atoms with Crippen molar-refractivity contribution in [3.63, 3.8) is 0 Å². The summed E-state index contributed by atoms with van der Waals surface area (Å²) in [4.78, 5) is 33.7. The third-order valence-electron chi connectivity index (χ3n) is 4.77. The zero-order chi connectivity index (χ0) is 21.1. The van der Waals surface area contributed by atoms with Crippen molar-refractivity contribution < 1.29 is 19.0 Å². The van der Waals surface area contributed by atoms with Crippen LogP contribution in [0.3, 0.4) is 0 Å². The highest BCUT2D eigenvalue weighted by atomic mass is 19.1. The molecule has 1 aromatic carbocycles. The van der Waals surface area contributed by atoms with Gasteiger partial charge in [-0.1, -0.05) is 12.1 Å². The van der Waals surface area contributed by atoms with Crippen LogP contribution < -0.4 is 10.9 Å². The molecule has 8 nitrogen and oxygen atoms in total. The lowest BCUT2D eigenvalue weighted by atomic mass is 10.1. The highest BCUT2D eigenvalue weighted by Gasteiger charge is 2.29. The molecule has 1 unspecified atom stereocenters. The number of aliphatic imine (C=N–C) groups is 1. The normalized spacial score (nSPS) is 19.0. The van der Waals surface area contributed by atoms with Crippen molar-refractivity contribution in [2.24, 2.45) is 4.99 Å². The van der Waals surface area contributed by atoms with Gasteiger partial charge in [-0.15, -0.1) is 0 Å². The van der Waals surface area contributed by atoms with Crippen LogP contribution in [0.15, 0.2) is 28.0 Å². The fourth-order valence-electron chi connectivity index (χ4n) is 3.27. The zero-order valence-electron chi connectivity index (χ0n) is 16.5. The van der Waals surface area contributed by atoms with E-state index in [1.54, 1.807) is 39.2 Å². The summed E-state index contributed by atoms with van der Waals surface area (Å²) in [5.74, 6) is -1.87. The largest absolute Gasteiger partial charge is 0.501 e. The fourth-order valence-corrected chi connectivity index (χ4v) is 3.27. The van der Waals surface area contributed by atoms with E-state index in [4.69, 9.17) is 4.74 Å². The molecule has 2 N–H and O–H groups in total. The predicted molar refractivity (Wildman–Crippen MR) is 105 cm³/mol. The Morgan fingerprint density at radius 3 is 2.93 bits per heavy atom. The second-order valence-electron chi connectivity index (χ2n) is 7.01. The summed E-state index contributed by atoms with van der Waals surface area (Å²) >= 11 is 0. The highest BCUT2D eigenvalue weighted by Crippen LogP contribution is 2.23. The van der Waals surface area contributed by atoms with Gasteiger partial charge in [0.1, 0.15) is 11.6 Å². The van der Waals surface area contributed by atoms with Crippen LogP contribution in [-0.2, 0) is 11.3 Å². The number of amides is 1. The number of carbonyl (C=O) groups excluding carboxylic acids is 1. The molecule has 29 heavy (non-hydrogen) atoms. The van der Waals surface area contributed by atoms with Crippen molar-refractivity contribution in [1.29, 1.82) is 0 Å². The molecule has 1 aliphatic rings. The van der Waals surface area contributed by atoms with Crippen molar-refractivity contribution in [1.82, 2.24) is 14.9 Å². The minimum Gasteiger partial charge on any atom is -0.501 e. The van der Waals surface area contributed by atoms with E-state index in [9.17, 15) is 19.1 Å². The summed E-state index contributed by atoms with van der Waals surface area (Å²) in [6.07, 6.45) is 1.59. The highest BCUT2D eigenvalue weighted by molar-refractivity contribution is 5.94. The van der Waals surface area contributed by atoms with Crippen LogP contribution >= 0.6 is 0 Å². The molecule has 0 saturated heterocycles. The molecule has 2 aromatic rings. The van der Waals surface area contributed by atoms with E-state index in [1.807, 2.05) is 0 Å². The van der Waals surface area contributed by atoms with Crippen molar-refractivity contribution in [2.45, 2.75) is 32.4 Å². The Morgan fingerprint density at radius 1 is 1.48 bits per heavy atom. The van der Waals surface area contributed by atoms with Gasteiger partial charge in [-0.3, -0.25) is 14.2 Å². The van der Waals surface area contributed by atoms with Gasteiger partial charge in [0, 0.05) is 19.8 Å². The molecule has 0 fully saturated rings. The number of hydrogen-bond acceptors (Lipinski definition) is 6. The van der Waals surface area contributed by atoms with E-state index >= 15 is 0 Å².